The molecule has 0 spiro atoms. The number of hydrogen-bond donors (Lipinski definition) is 1. The third-order valence-corrected chi connectivity index (χ3v) is 5.27. The van der Waals surface area contributed by atoms with Gasteiger partial charge in [-0.25, -0.2) is 4.98 Å². The third-order valence-electron chi connectivity index (χ3n) is 5.27. The highest BCUT2D eigenvalue weighted by molar-refractivity contribution is 5.94. The quantitative estimate of drug-likeness (QED) is 0.645. The van der Waals surface area contributed by atoms with Crippen LogP contribution in [0.2, 0.25) is 0 Å². The fraction of sp³-hybridized carbons (Fsp3) is 0.421. The van der Waals surface area contributed by atoms with Crippen LogP contribution in [-0.4, -0.2) is 52.8 Å². The summed E-state index contributed by atoms with van der Waals surface area (Å²) in [5, 5.41) is 2.76. The highest BCUT2D eigenvalue weighted by Crippen LogP contribution is 2.30. The predicted molar refractivity (Wildman–Crippen MR) is 94.2 cm³/mol. The number of amides is 2. The molecule has 4 heterocycles. The Bertz CT molecular complexity index is 781. The van der Waals surface area contributed by atoms with Gasteiger partial charge in [-0.15, -0.1) is 0 Å². The van der Waals surface area contributed by atoms with Gasteiger partial charge < -0.3 is 15.1 Å². The lowest BCUT2D eigenvalue weighted by atomic mass is 10.0. The zero-order chi connectivity index (χ0) is 17.4. The Morgan fingerprint density at radius 3 is 2.76 bits per heavy atom. The van der Waals surface area contributed by atoms with Gasteiger partial charge >= 0.3 is 0 Å². The highest BCUT2D eigenvalue weighted by atomic mass is 16.2. The first-order chi connectivity index (χ1) is 12.1. The van der Waals surface area contributed by atoms with E-state index in [0.717, 1.165) is 37.3 Å². The summed E-state index contributed by atoms with van der Waals surface area (Å²) in [6.45, 7) is 3.32. The Kier molecular flexibility index (Phi) is 3.92. The average molecular weight is 336 g/mol. The van der Waals surface area contributed by atoms with Gasteiger partial charge in [0.1, 0.15) is 5.82 Å². The number of aromatic nitrogens is 1. The minimum atomic E-state index is 0.00135. The number of fused-ring (bicyclic) bond motifs is 2. The van der Waals surface area contributed by atoms with Crippen LogP contribution in [0, 0.1) is 24.3 Å². The number of nitrogens with one attached hydrogen (secondary N) is 1. The van der Waals surface area contributed by atoms with E-state index >= 15 is 0 Å². The molecule has 0 bridgehead atoms. The summed E-state index contributed by atoms with van der Waals surface area (Å²) in [6.07, 6.45) is 11.7. The van der Waals surface area contributed by atoms with E-state index in [9.17, 15) is 9.59 Å². The molecule has 25 heavy (non-hydrogen) atoms. The second kappa shape index (κ2) is 6.25. The van der Waals surface area contributed by atoms with E-state index in [0.29, 0.717) is 30.5 Å². The first-order valence-corrected chi connectivity index (χ1v) is 8.59. The second-order valence-electron chi connectivity index (χ2n) is 6.96. The highest BCUT2D eigenvalue weighted by Gasteiger charge is 2.40. The van der Waals surface area contributed by atoms with Gasteiger partial charge in [-0.2, -0.15) is 0 Å². The zero-order valence-electron chi connectivity index (χ0n) is 13.9. The Morgan fingerprint density at radius 1 is 1.28 bits per heavy atom. The summed E-state index contributed by atoms with van der Waals surface area (Å²) in [5.41, 5.74) is 1.89. The summed E-state index contributed by atoms with van der Waals surface area (Å²) in [6, 6.07) is 4.67. The molecule has 3 aliphatic heterocycles. The first kappa shape index (κ1) is 15.7. The minimum absolute atomic E-state index is 0.00135. The zero-order valence-corrected chi connectivity index (χ0v) is 13.9. The van der Waals surface area contributed by atoms with Gasteiger partial charge in [-0.1, -0.05) is 6.42 Å². The summed E-state index contributed by atoms with van der Waals surface area (Å²) >= 11 is 0. The Labute approximate surface area is 146 Å². The number of hydrogen-bond acceptors (Lipinski definition) is 4. The Balaban J connectivity index is 1.39. The molecule has 0 aliphatic carbocycles. The number of likely N-dealkylation sites (tertiary alicyclic amines) is 2. The first-order valence-electron chi connectivity index (χ1n) is 8.59. The van der Waals surface area contributed by atoms with Crippen LogP contribution in [0.3, 0.4) is 0 Å². The molecule has 4 rings (SSSR count). The van der Waals surface area contributed by atoms with Crippen LogP contribution in [0.15, 0.2) is 18.3 Å². The number of aryl methyl sites for hydroxylation is 1. The van der Waals surface area contributed by atoms with E-state index in [1.165, 1.54) is 0 Å². The van der Waals surface area contributed by atoms with E-state index in [2.05, 4.69) is 16.3 Å². The summed E-state index contributed by atoms with van der Waals surface area (Å²) in [5.74, 6) is 1.64. The Morgan fingerprint density at radius 2 is 2.04 bits per heavy atom. The molecule has 128 valence electrons. The number of rotatable bonds is 2. The van der Waals surface area contributed by atoms with Crippen molar-refractivity contribution in [2.24, 2.45) is 11.8 Å². The molecule has 2 fully saturated rings. The Hall–Kier alpha value is -2.81. The number of nitrogens with zero attached hydrogens (tertiary/aromatic N) is 3. The third kappa shape index (κ3) is 3.10. The molecule has 2 amide bonds. The van der Waals surface area contributed by atoms with E-state index in [4.69, 9.17) is 6.42 Å². The molecule has 1 aromatic rings. The van der Waals surface area contributed by atoms with Gasteiger partial charge in [0.2, 0.25) is 11.8 Å². The van der Waals surface area contributed by atoms with Crippen LogP contribution in [-0.2, 0) is 16.0 Å². The van der Waals surface area contributed by atoms with Crippen LogP contribution >= 0.6 is 0 Å². The minimum Gasteiger partial charge on any atom is -0.338 e. The maximum Gasteiger partial charge on any atom is 0.246 e. The molecule has 2 unspecified atom stereocenters. The molecule has 3 aliphatic rings. The molecular weight excluding hydrogens is 316 g/mol. The molecule has 0 radical (unpaired) electrons. The fourth-order valence-electron chi connectivity index (χ4n) is 3.92. The molecule has 0 saturated carbocycles. The SMILES string of the molecule is C#CN1CC2CN(C(=O)C=Cc3cnc4c(c3)CCC(=O)N4)CC2C1. The van der Waals surface area contributed by atoms with Crippen molar-refractivity contribution >= 4 is 23.7 Å². The monoisotopic (exact) mass is 336 g/mol. The van der Waals surface area contributed by atoms with Gasteiger partial charge in [-0.05, 0) is 29.7 Å². The number of carbonyl (C=O) groups excluding carboxylic acids is 2. The van der Waals surface area contributed by atoms with Gasteiger partial charge in [0, 0.05) is 62.8 Å². The number of pyridine rings is 1. The summed E-state index contributed by atoms with van der Waals surface area (Å²) in [4.78, 5) is 32.0. The molecule has 6 heteroatoms. The lowest BCUT2D eigenvalue weighted by molar-refractivity contribution is -0.125. The van der Waals surface area contributed by atoms with Crippen molar-refractivity contribution in [1.82, 2.24) is 14.8 Å². The van der Waals surface area contributed by atoms with Crippen LogP contribution in [0.1, 0.15) is 17.5 Å². The molecule has 2 saturated heterocycles. The maximum absolute atomic E-state index is 12.4. The van der Waals surface area contributed by atoms with Crippen molar-refractivity contribution in [3.8, 4) is 12.5 Å². The molecular formula is C19H20N4O2. The van der Waals surface area contributed by atoms with Crippen molar-refractivity contribution in [3.05, 3.63) is 29.5 Å². The topological polar surface area (TPSA) is 65.5 Å². The van der Waals surface area contributed by atoms with Crippen LogP contribution in [0.4, 0.5) is 5.82 Å². The van der Waals surface area contributed by atoms with Gasteiger partial charge in [-0.3, -0.25) is 9.59 Å². The number of terminal acetylenes is 1. The lowest BCUT2D eigenvalue weighted by Gasteiger charge is -2.18. The average Bonchev–Trinajstić information content (AvgIpc) is 3.18. The van der Waals surface area contributed by atoms with E-state index < -0.39 is 0 Å². The van der Waals surface area contributed by atoms with Crippen molar-refractivity contribution < 1.29 is 9.59 Å². The molecule has 1 N–H and O–H groups in total. The van der Waals surface area contributed by atoms with Crippen LogP contribution in [0.25, 0.3) is 6.08 Å². The summed E-state index contributed by atoms with van der Waals surface area (Å²) in [7, 11) is 0. The fourth-order valence-corrected chi connectivity index (χ4v) is 3.92. The van der Waals surface area contributed by atoms with Crippen molar-refractivity contribution in [2.75, 3.05) is 31.5 Å². The molecule has 1 aromatic heterocycles. The molecule has 0 aromatic carbocycles. The standard InChI is InChI=1S/C19H20N4O2/c1-2-22-9-15-11-23(12-16(15)10-22)18(25)6-3-13-7-14-4-5-17(24)21-19(14)20-8-13/h1,3,6-8,15-16H,4-5,9-12H2,(H,20,21,24). The van der Waals surface area contributed by atoms with E-state index in [-0.39, 0.29) is 11.8 Å². The van der Waals surface area contributed by atoms with Crippen LogP contribution < -0.4 is 5.32 Å². The number of anilines is 1. The van der Waals surface area contributed by atoms with Crippen molar-refractivity contribution in [2.45, 2.75) is 12.8 Å². The van der Waals surface area contributed by atoms with Gasteiger partial charge in [0.15, 0.2) is 0 Å². The van der Waals surface area contributed by atoms with E-state index in [1.807, 2.05) is 15.9 Å². The van der Waals surface area contributed by atoms with Crippen molar-refractivity contribution in [1.29, 1.82) is 0 Å². The number of carbonyl (C=O) groups is 2. The maximum atomic E-state index is 12.4. The van der Waals surface area contributed by atoms with Gasteiger partial charge in [0.05, 0.1) is 0 Å². The van der Waals surface area contributed by atoms with Crippen molar-refractivity contribution in [3.63, 3.8) is 0 Å². The normalized spacial score (nSPS) is 24.8. The second-order valence-corrected chi connectivity index (χ2v) is 6.96. The summed E-state index contributed by atoms with van der Waals surface area (Å²) < 4.78 is 0. The van der Waals surface area contributed by atoms with E-state index in [1.54, 1.807) is 18.3 Å². The van der Waals surface area contributed by atoms with Crippen LogP contribution in [0.5, 0.6) is 0 Å². The predicted octanol–water partition coefficient (Wildman–Crippen LogP) is 0.960. The molecule has 2 atom stereocenters. The lowest BCUT2D eigenvalue weighted by Crippen LogP contribution is -2.30. The van der Waals surface area contributed by atoms with Gasteiger partial charge in [0.25, 0.3) is 0 Å². The largest absolute Gasteiger partial charge is 0.338 e. The molecule has 6 nitrogen and oxygen atoms in total. The smallest absolute Gasteiger partial charge is 0.246 e.